The predicted octanol–water partition coefficient (Wildman–Crippen LogP) is 5.02. The Labute approximate surface area is 316 Å². The zero-order valence-corrected chi connectivity index (χ0v) is 31.9. The number of rotatable bonds is 15. The maximum atomic E-state index is 12.3. The van der Waals surface area contributed by atoms with Crippen LogP contribution < -0.4 is 24.8 Å². The van der Waals surface area contributed by atoms with E-state index in [2.05, 4.69) is 25.5 Å². The number of anilines is 2. The van der Waals surface area contributed by atoms with E-state index in [9.17, 15) is 19.5 Å². The Hall–Kier alpha value is -5.31. The number of fused-ring (bicyclic) bond motifs is 1. The van der Waals surface area contributed by atoms with E-state index in [1.54, 1.807) is 41.4 Å². The van der Waals surface area contributed by atoms with Crippen LogP contribution in [0.25, 0.3) is 10.9 Å². The average Bonchev–Trinajstić information content (AvgIpc) is 3.88. The van der Waals surface area contributed by atoms with Gasteiger partial charge in [-0.2, -0.15) is 0 Å². The van der Waals surface area contributed by atoms with Crippen molar-refractivity contribution in [1.82, 2.24) is 19.8 Å². The van der Waals surface area contributed by atoms with Crippen LogP contribution in [0.15, 0.2) is 73.1 Å². The number of benzene rings is 2. The van der Waals surface area contributed by atoms with E-state index in [0.29, 0.717) is 71.9 Å². The first-order valence-corrected chi connectivity index (χ1v) is 18.1. The molecule has 1 aliphatic carbocycles. The van der Waals surface area contributed by atoms with Gasteiger partial charge in [-0.3, -0.25) is 24.4 Å². The number of amides is 1. The lowest BCUT2D eigenvalue weighted by Crippen LogP contribution is -2.35. The van der Waals surface area contributed by atoms with Crippen molar-refractivity contribution in [3.05, 3.63) is 73.1 Å². The molecule has 0 spiro atoms. The van der Waals surface area contributed by atoms with Gasteiger partial charge in [-0.1, -0.05) is 32.0 Å². The van der Waals surface area contributed by atoms with Crippen LogP contribution in [0.4, 0.5) is 11.5 Å². The first-order valence-electron chi connectivity index (χ1n) is 18.1. The van der Waals surface area contributed by atoms with E-state index in [1.165, 1.54) is 13.3 Å². The molecule has 2 atom stereocenters. The van der Waals surface area contributed by atoms with Gasteiger partial charge in [0.15, 0.2) is 11.5 Å². The number of aliphatic hydroxyl groups excluding tert-OH is 1. The molecule has 6 rings (SSSR count). The molecule has 1 aliphatic heterocycles. The molecule has 4 aromatic rings. The molecule has 1 saturated carbocycles. The third-order valence-electron chi connectivity index (χ3n) is 8.59. The molecule has 3 heterocycles. The monoisotopic (exact) mass is 744 g/mol. The number of likely N-dealkylation sites (N-methyl/N-ethyl adjacent to an activating group) is 1. The standard InChI is InChI=1S/C31H37N5O8.C7H9N.C2H6/c1-35(2)17-29(39)44-22-7-11-36(16-22)15-20(38)18-42-27-13-24-23(12-26(27)41-3)25(6-10-32-24)43-21-4-5-28(33-14-21)34-30(40)31(19-37)8-9-31;1-8-7-5-3-2-4-6-7;1-2/h4-6,10,12-14,19-20,22,38H,7-9,11,15-18H2,1-3H3,(H,33,34,40);2-6,8H,1H3;1-2H3. The van der Waals surface area contributed by atoms with Crippen molar-refractivity contribution >= 4 is 40.6 Å². The molecule has 14 nitrogen and oxygen atoms in total. The van der Waals surface area contributed by atoms with E-state index in [4.69, 9.17) is 18.9 Å². The van der Waals surface area contributed by atoms with Crippen LogP contribution in [0, 0.1) is 5.41 Å². The van der Waals surface area contributed by atoms with Gasteiger partial charge in [0.2, 0.25) is 5.91 Å². The number of hydrogen-bond donors (Lipinski definition) is 3. The first-order chi connectivity index (χ1) is 26.1. The third-order valence-corrected chi connectivity index (χ3v) is 8.59. The van der Waals surface area contributed by atoms with Gasteiger partial charge < -0.3 is 39.5 Å². The van der Waals surface area contributed by atoms with Crippen LogP contribution in [-0.4, -0.2) is 116 Å². The average molecular weight is 745 g/mol. The summed E-state index contributed by atoms with van der Waals surface area (Å²) in [7, 11) is 7.07. The number of aromatic nitrogens is 2. The molecule has 2 aromatic heterocycles. The molecule has 2 fully saturated rings. The second-order valence-electron chi connectivity index (χ2n) is 13.0. The number of esters is 1. The van der Waals surface area contributed by atoms with Gasteiger partial charge in [0.25, 0.3) is 0 Å². The topological polar surface area (TPSA) is 165 Å². The molecule has 2 unspecified atom stereocenters. The third kappa shape index (κ3) is 11.9. The summed E-state index contributed by atoms with van der Waals surface area (Å²) in [5.41, 5.74) is 0.829. The normalized spacial score (nSPS) is 16.1. The number of para-hydroxylation sites is 1. The van der Waals surface area contributed by atoms with Gasteiger partial charge in [0.1, 0.15) is 47.8 Å². The fourth-order valence-electron chi connectivity index (χ4n) is 5.59. The Morgan fingerprint density at radius 2 is 1.81 bits per heavy atom. The number of nitrogens with zero attached hydrogens (tertiary/aromatic N) is 4. The van der Waals surface area contributed by atoms with Crippen molar-refractivity contribution in [2.75, 3.05) is 71.7 Å². The van der Waals surface area contributed by atoms with E-state index in [-0.39, 0.29) is 31.1 Å². The van der Waals surface area contributed by atoms with Crippen molar-refractivity contribution in [1.29, 1.82) is 0 Å². The van der Waals surface area contributed by atoms with E-state index in [0.717, 1.165) is 18.7 Å². The minimum absolute atomic E-state index is 0.0299. The Bertz CT molecular complexity index is 1800. The van der Waals surface area contributed by atoms with E-state index >= 15 is 0 Å². The van der Waals surface area contributed by atoms with Crippen molar-refractivity contribution < 1.29 is 38.4 Å². The lowest BCUT2D eigenvalue weighted by molar-refractivity contribution is -0.149. The molecule has 0 bridgehead atoms. The highest BCUT2D eigenvalue weighted by molar-refractivity contribution is 6.06. The van der Waals surface area contributed by atoms with Crippen molar-refractivity contribution in [3.63, 3.8) is 0 Å². The van der Waals surface area contributed by atoms with Crippen LogP contribution in [0.5, 0.6) is 23.0 Å². The molecular weight excluding hydrogens is 692 g/mol. The lowest BCUT2D eigenvalue weighted by atomic mass is 10.1. The Kier molecular flexibility index (Phi) is 15.5. The zero-order valence-electron chi connectivity index (χ0n) is 31.9. The van der Waals surface area contributed by atoms with Crippen LogP contribution in [0.3, 0.4) is 0 Å². The Morgan fingerprint density at radius 3 is 2.43 bits per heavy atom. The van der Waals surface area contributed by atoms with Gasteiger partial charge >= 0.3 is 5.97 Å². The number of β-amino-alcohol motifs (C(OH)–C–C–N with tert-alkyl or cyclic N) is 1. The molecule has 3 N–H and O–H groups in total. The molecule has 2 aliphatic rings. The van der Waals surface area contributed by atoms with E-state index in [1.807, 2.05) is 65.3 Å². The number of carbonyl (C=O) groups is 3. The van der Waals surface area contributed by atoms with Crippen LogP contribution in [0.1, 0.15) is 33.1 Å². The number of nitrogens with one attached hydrogen (secondary N) is 2. The fraction of sp³-hybridized carbons (Fsp3) is 0.425. The van der Waals surface area contributed by atoms with Crippen molar-refractivity contribution in [3.8, 4) is 23.0 Å². The van der Waals surface area contributed by atoms with Crippen LogP contribution in [-0.2, 0) is 19.1 Å². The second kappa shape index (κ2) is 20.2. The summed E-state index contributed by atoms with van der Waals surface area (Å²) in [5.74, 6) is 1.53. The van der Waals surface area contributed by atoms with Gasteiger partial charge in [0.05, 0.1) is 25.4 Å². The minimum atomic E-state index is -0.923. The molecule has 1 saturated heterocycles. The number of ether oxygens (including phenoxy) is 4. The van der Waals surface area contributed by atoms with Crippen molar-refractivity contribution in [2.45, 2.75) is 45.3 Å². The quantitative estimate of drug-likeness (QED) is 0.0845. The summed E-state index contributed by atoms with van der Waals surface area (Å²) in [6.07, 6.45) is 4.64. The van der Waals surface area contributed by atoms with Crippen LogP contribution in [0.2, 0.25) is 0 Å². The number of likely N-dealkylation sites (tertiary alicyclic amines) is 1. The summed E-state index contributed by atoms with van der Waals surface area (Å²) >= 11 is 0. The van der Waals surface area contributed by atoms with Gasteiger partial charge in [0, 0.05) is 50.0 Å². The summed E-state index contributed by atoms with van der Waals surface area (Å²) in [4.78, 5) is 47.9. The molecular formula is C40H52N6O8. The molecule has 14 heteroatoms. The maximum absolute atomic E-state index is 12.3. The number of methoxy groups -OCH3 is 1. The highest BCUT2D eigenvalue weighted by Gasteiger charge is 2.50. The summed E-state index contributed by atoms with van der Waals surface area (Å²) in [5, 5.41) is 17.0. The summed E-state index contributed by atoms with van der Waals surface area (Å²) in [6, 6.07) is 18.5. The first kappa shape index (κ1) is 41.4. The van der Waals surface area contributed by atoms with E-state index < -0.39 is 11.5 Å². The largest absolute Gasteiger partial charge is 0.493 e. The SMILES string of the molecule is CC.CNc1ccccc1.COc1cc2c(Oc3ccc(NC(=O)C4(C=O)CC4)nc3)ccnc2cc1OCC(O)CN1CCC(OC(=O)CN(C)C)C1. The number of carbonyl (C=O) groups excluding carboxylic acids is 3. The Morgan fingerprint density at radius 1 is 1.06 bits per heavy atom. The van der Waals surface area contributed by atoms with Gasteiger partial charge in [-0.25, -0.2) is 4.98 Å². The molecule has 54 heavy (non-hydrogen) atoms. The number of aldehydes is 1. The number of hydrogen-bond acceptors (Lipinski definition) is 13. The lowest BCUT2D eigenvalue weighted by Gasteiger charge is -2.21. The molecule has 1 amide bonds. The smallest absolute Gasteiger partial charge is 0.320 e. The fourth-order valence-corrected chi connectivity index (χ4v) is 5.59. The maximum Gasteiger partial charge on any atom is 0.320 e. The summed E-state index contributed by atoms with van der Waals surface area (Å²) in [6.45, 7) is 5.93. The van der Waals surface area contributed by atoms with Gasteiger partial charge in [-0.15, -0.1) is 0 Å². The zero-order chi connectivity index (χ0) is 39.1. The van der Waals surface area contributed by atoms with Crippen molar-refractivity contribution in [2.24, 2.45) is 5.41 Å². The van der Waals surface area contributed by atoms with Crippen LogP contribution >= 0.6 is 0 Å². The number of aliphatic hydroxyl groups is 1. The predicted molar refractivity (Wildman–Crippen MR) is 207 cm³/mol. The molecule has 2 aromatic carbocycles. The van der Waals surface area contributed by atoms with Gasteiger partial charge in [-0.05, 0) is 69.8 Å². The minimum Gasteiger partial charge on any atom is -0.493 e. The Balaban J connectivity index is 0.000000569. The second-order valence-corrected chi connectivity index (χ2v) is 13.0. The highest BCUT2D eigenvalue weighted by Crippen LogP contribution is 2.44. The number of pyridine rings is 2. The molecule has 0 radical (unpaired) electrons. The molecule has 290 valence electrons. The summed E-state index contributed by atoms with van der Waals surface area (Å²) < 4.78 is 23.1. The highest BCUT2D eigenvalue weighted by atomic mass is 16.5.